The zero-order valence-electron chi connectivity index (χ0n) is 12.0. The number of thioether (sulfide) groups is 1. The number of halogens is 1. The van der Waals surface area contributed by atoms with E-state index >= 15 is 0 Å². The number of esters is 1. The number of nitrogens with zero attached hydrogens (tertiary/aromatic N) is 1. The number of hydrogen-bond donors (Lipinski definition) is 0. The van der Waals surface area contributed by atoms with E-state index in [1.807, 2.05) is 0 Å². The molecule has 2 amide bonds. The third-order valence-electron chi connectivity index (χ3n) is 2.98. The molecule has 5 nitrogen and oxygen atoms in total. The zero-order valence-corrected chi connectivity index (χ0v) is 12.9. The summed E-state index contributed by atoms with van der Waals surface area (Å²) in [6, 6.07) is 4.67. The molecule has 1 unspecified atom stereocenters. The molecule has 0 saturated carbocycles. The number of hydrogen-bond acceptors (Lipinski definition) is 5. The first kappa shape index (κ1) is 16.2. The maximum absolute atomic E-state index is 13.2. The van der Waals surface area contributed by atoms with Crippen LogP contribution >= 0.6 is 11.8 Å². The molecule has 1 fully saturated rings. The Bertz CT molecular complexity index is 659. The molecular weight excluding hydrogens is 309 g/mol. The van der Waals surface area contributed by atoms with E-state index in [1.54, 1.807) is 13.0 Å². The second-order valence-electron chi connectivity index (χ2n) is 4.53. The number of carbonyl (C=O) groups excluding carboxylic acids is 3. The van der Waals surface area contributed by atoms with Gasteiger partial charge in [0.25, 0.3) is 11.1 Å². The first-order valence-electron chi connectivity index (χ1n) is 6.63. The standard InChI is InChI=1S/C15H14FNO4S/c1-3-21-14(19)9(2)17-13(18)12(22-15(17)20)8-10-5-4-6-11(16)7-10/h4-9H,3H2,1-2H3. The van der Waals surface area contributed by atoms with E-state index in [0.717, 1.165) is 4.90 Å². The highest BCUT2D eigenvalue weighted by Gasteiger charge is 2.41. The Morgan fingerprint density at radius 2 is 2.18 bits per heavy atom. The Hall–Kier alpha value is -2.15. The predicted molar refractivity (Wildman–Crippen MR) is 80.3 cm³/mol. The van der Waals surface area contributed by atoms with Crippen molar-refractivity contribution in [3.63, 3.8) is 0 Å². The van der Waals surface area contributed by atoms with Gasteiger partial charge in [0.15, 0.2) is 0 Å². The number of ether oxygens (including phenoxy) is 1. The van der Waals surface area contributed by atoms with Gasteiger partial charge in [0, 0.05) is 0 Å². The van der Waals surface area contributed by atoms with Crippen molar-refractivity contribution in [1.82, 2.24) is 4.90 Å². The van der Waals surface area contributed by atoms with Crippen LogP contribution in [0.3, 0.4) is 0 Å². The van der Waals surface area contributed by atoms with E-state index in [-0.39, 0.29) is 11.5 Å². The average molecular weight is 323 g/mol. The van der Waals surface area contributed by atoms with Crippen LogP contribution in [0.5, 0.6) is 0 Å². The van der Waals surface area contributed by atoms with E-state index < -0.39 is 29.0 Å². The number of benzene rings is 1. The third-order valence-corrected chi connectivity index (χ3v) is 3.87. The molecule has 1 aliphatic rings. The normalized spacial score (nSPS) is 18.0. The Morgan fingerprint density at radius 1 is 1.45 bits per heavy atom. The maximum Gasteiger partial charge on any atom is 0.329 e. The average Bonchev–Trinajstić information content (AvgIpc) is 2.73. The van der Waals surface area contributed by atoms with Gasteiger partial charge in [-0.1, -0.05) is 12.1 Å². The fourth-order valence-corrected chi connectivity index (χ4v) is 2.84. The van der Waals surface area contributed by atoms with E-state index in [9.17, 15) is 18.8 Å². The second kappa shape index (κ2) is 6.74. The van der Waals surface area contributed by atoms with Gasteiger partial charge in [-0.25, -0.2) is 9.18 Å². The first-order chi connectivity index (χ1) is 10.4. The van der Waals surface area contributed by atoms with Crippen molar-refractivity contribution in [2.24, 2.45) is 0 Å². The van der Waals surface area contributed by atoms with Crippen LogP contribution in [0, 0.1) is 5.82 Å². The van der Waals surface area contributed by atoms with Gasteiger partial charge in [0.2, 0.25) is 0 Å². The van der Waals surface area contributed by atoms with Gasteiger partial charge >= 0.3 is 5.97 Å². The molecule has 1 saturated heterocycles. The molecule has 0 radical (unpaired) electrons. The quantitative estimate of drug-likeness (QED) is 0.630. The summed E-state index contributed by atoms with van der Waals surface area (Å²) in [6.45, 7) is 3.24. The molecule has 0 N–H and O–H groups in total. The predicted octanol–water partition coefficient (Wildman–Crippen LogP) is 2.81. The molecule has 7 heteroatoms. The van der Waals surface area contributed by atoms with Crippen LogP contribution in [0.15, 0.2) is 29.2 Å². The van der Waals surface area contributed by atoms with Gasteiger partial charge < -0.3 is 4.74 Å². The highest BCUT2D eigenvalue weighted by Crippen LogP contribution is 2.33. The van der Waals surface area contributed by atoms with Gasteiger partial charge in [-0.3, -0.25) is 14.5 Å². The highest BCUT2D eigenvalue weighted by molar-refractivity contribution is 8.18. The molecule has 0 bridgehead atoms. The van der Waals surface area contributed by atoms with Crippen molar-refractivity contribution in [1.29, 1.82) is 0 Å². The lowest BCUT2D eigenvalue weighted by Crippen LogP contribution is -2.42. The molecule has 116 valence electrons. The van der Waals surface area contributed by atoms with Crippen LogP contribution in [0.2, 0.25) is 0 Å². The summed E-state index contributed by atoms with van der Waals surface area (Å²) < 4.78 is 18.0. The van der Waals surface area contributed by atoms with E-state index in [0.29, 0.717) is 17.3 Å². The van der Waals surface area contributed by atoms with Crippen LogP contribution in [-0.4, -0.2) is 34.7 Å². The van der Waals surface area contributed by atoms with Crippen molar-refractivity contribution >= 4 is 35.0 Å². The van der Waals surface area contributed by atoms with Crippen molar-refractivity contribution in [2.45, 2.75) is 19.9 Å². The molecule has 1 aromatic carbocycles. The molecule has 0 aliphatic carbocycles. The fraction of sp³-hybridized carbons (Fsp3) is 0.267. The Balaban J connectivity index is 2.23. The summed E-state index contributed by atoms with van der Waals surface area (Å²) >= 11 is 0.715. The second-order valence-corrected chi connectivity index (χ2v) is 5.53. The third kappa shape index (κ3) is 3.36. The first-order valence-corrected chi connectivity index (χ1v) is 7.45. The lowest BCUT2D eigenvalue weighted by atomic mass is 10.2. The number of imide groups is 1. The Kier molecular flexibility index (Phi) is 4.97. The van der Waals surface area contributed by atoms with Gasteiger partial charge in [-0.15, -0.1) is 0 Å². The summed E-state index contributed by atoms with van der Waals surface area (Å²) in [5.74, 6) is -1.66. The van der Waals surface area contributed by atoms with E-state index in [4.69, 9.17) is 4.74 Å². The van der Waals surface area contributed by atoms with E-state index in [1.165, 1.54) is 31.2 Å². The van der Waals surface area contributed by atoms with Gasteiger partial charge in [-0.2, -0.15) is 0 Å². The molecule has 22 heavy (non-hydrogen) atoms. The fourth-order valence-electron chi connectivity index (χ4n) is 1.93. The molecule has 0 spiro atoms. The van der Waals surface area contributed by atoms with Crippen LogP contribution in [-0.2, 0) is 14.3 Å². The number of amides is 2. The summed E-state index contributed by atoms with van der Waals surface area (Å²) in [5.41, 5.74) is 0.467. The van der Waals surface area contributed by atoms with Crippen LogP contribution in [0.1, 0.15) is 19.4 Å². The zero-order chi connectivity index (χ0) is 16.3. The number of carbonyl (C=O) groups is 3. The highest BCUT2D eigenvalue weighted by atomic mass is 32.2. The van der Waals surface area contributed by atoms with Crippen molar-refractivity contribution in [2.75, 3.05) is 6.61 Å². The van der Waals surface area contributed by atoms with Crippen molar-refractivity contribution in [3.8, 4) is 0 Å². The summed E-state index contributed by atoms with van der Waals surface area (Å²) in [5, 5.41) is -0.548. The van der Waals surface area contributed by atoms with Gasteiger partial charge in [-0.05, 0) is 49.4 Å². The molecule has 1 aliphatic heterocycles. The lowest BCUT2D eigenvalue weighted by molar-refractivity contribution is -0.150. The van der Waals surface area contributed by atoms with Crippen LogP contribution in [0.25, 0.3) is 6.08 Å². The minimum atomic E-state index is -0.995. The summed E-state index contributed by atoms with van der Waals surface area (Å²) in [7, 11) is 0. The Labute approximate surface area is 131 Å². The van der Waals surface area contributed by atoms with Gasteiger partial charge in [0.05, 0.1) is 11.5 Å². The smallest absolute Gasteiger partial charge is 0.329 e. The summed E-state index contributed by atoms with van der Waals surface area (Å²) in [6.07, 6.45) is 1.42. The molecule has 1 heterocycles. The molecule has 0 aromatic heterocycles. The molecule has 1 aromatic rings. The molecular formula is C15H14FNO4S. The Morgan fingerprint density at radius 3 is 2.82 bits per heavy atom. The minimum Gasteiger partial charge on any atom is -0.464 e. The summed E-state index contributed by atoms with van der Waals surface area (Å²) in [4.78, 5) is 36.9. The lowest BCUT2D eigenvalue weighted by Gasteiger charge is -2.19. The van der Waals surface area contributed by atoms with E-state index in [2.05, 4.69) is 0 Å². The van der Waals surface area contributed by atoms with Crippen LogP contribution < -0.4 is 0 Å². The van der Waals surface area contributed by atoms with Crippen molar-refractivity contribution in [3.05, 3.63) is 40.6 Å². The van der Waals surface area contributed by atoms with Crippen LogP contribution in [0.4, 0.5) is 9.18 Å². The minimum absolute atomic E-state index is 0.145. The molecule has 2 rings (SSSR count). The van der Waals surface area contributed by atoms with Gasteiger partial charge in [0.1, 0.15) is 11.9 Å². The maximum atomic E-state index is 13.2. The number of rotatable bonds is 4. The monoisotopic (exact) mass is 323 g/mol. The molecule has 1 atom stereocenters. The topological polar surface area (TPSA) is 63.7 Å². The largest absolute Gasteiger partial charge is 0.464 e. The van der Waals surface area contributed by atoms with Crippen molar-refractivity contribution < 1.29 is 23.5 Å². The SMILES string of the molecule is CCOC(=O)C(C)N1C(=O)SC(=Cc2cccc(F)c2)C1=O.